The number of thioether (sulfide) groups is 1. The van der Waals surface area contributed by atoms with Crippen molar-refractivity contribution in [3.05, 3.63) is 34.7 Å². The molecule has 1 aromatic carbocycles. The van der Waals surface area contributed by atoms with E-state index >= 15 is 0 Å². The van der Waals surface area contributed by atoms with Crippen molar-refractivity contribution in [3.8, 4) is 5.75 Å². The molecule has 0 bridgehead atoms. The maximum Gasteiger partial charge on any atom is 0.266 e. The second-order valence-corrected chi connectivity index (χ2v) is 6.85. The summed E-state index contributed by atoms with van der Waals surface area (Å²) in [7, 11) is 0. The van der Waals surface area contributed by atoms with Gasteiger partial charge in [0.05, 0.1) is 23.5 Å². The van der Waals surface area contributed by atoms with E-state index in [1.54, 1.807) is 6.08 Å². The van der Waals surface area contributed by atoms with Gasteiger partial charge in [-0.2, -0.15) is 0 Å². The summed E-state index contributed by atoms with van der Waals surface area (Å²) in [6, 6.07) is 6.28. The van der Waals surface area contributed by atoms with Gasteiger partial charge >= 0.3 is 0 Å². The number of carbonyl (C=O) groups excluding carboxylic acids is 2. The van der Waals surface area contributed by atoms with Gasteiger partial charge in [0, 0.05) is 0 Å². The van der Waals surface area contributed by atoms with Crippen molar-refractivity contribution in [2.45, 2.75) is 32.7 Å². The molecule has 0 unspecified atom stereocenters. The van der Waals surface area contributed by atoms with Crippen molar-refractivity contribution in [1.82, 2.24) is 4.90 Å². The first-order valence-electron chi connectivity index (χ1n) is 7.68. The summed E-state index contributed by atoms with van der Waals surface area (Å²) in [6.07, 6.45) is 2.63. The van der Waals surface area contributed by atoms with E-state index in [1.165, 1.54) is 0 Å². The fourth-order valence-electron chi connectivity index (χ4n) is 2.35. The van der Waals surface area contributed by atoms with Gasteiger partial charge in [-0.15, -0.1) is 0 Å². The van der Waals surface area contributed by atoms with E-state index in [9.17, 15) is 14.7 Å². The van der Waals surface area contributed by atoms with E-state index in [2.05, 4.69) is 0 Å². The lowest BCUT2D eigenvalue weighted by Gasteiger charge is -2.27. The van der Waals surface area contributed by atoms with Crippen LogP contribution in [0.25, 0.3) is 6.08 Å². The molecule has 1 aliphatic heterocycles. The molecule has 0 radical (unpaired) electrons. The third-order valence-corrected chi connectivity index (χ3v) is 4.79. The predicted octanol–water partition coefficient (Wildman–Crippen LogP) is 2.21. The molecule has 1 amide bonds. The number of nitrogens with zero attached hydrogens (tertiary/aromatic N) is 1. The second kappa shape index (κ2) is 8.30. The molecule has 0 saturated carbocycles. The first-order chi connectivity index (χ1) is 11.5. The lowest BCUT2D eigenvalue weighted by Crippen LogP contribution is -2.49. The molecule has 128 valence electrons. The molecule has 1 aliphatic rings. The van der Waals surface area contributed by atoms with E-state index in [1.807, 2.05) is 38.1 Å². The fraction of sp³-hybridized carbons (Fsp3) is 0.353. The molecular formula is C17H18NO4S2-. The van der Waals surface area contributed by atoms with Crippen molar-refractivity contribution in [2.75, 3.05) is 6.61 Å². The number of carboxylic acid groups (broad SMARTS) is 1. The molecule has 1 saturated heterocycles. The number of aliphatic carboxylic acids is 1. The van der Waals surface area contributed by atoms with Gasteiger partial charge in [0.1, 0.15) is 10.1 Å². The number of amides is 1. The average molecular weight is 364 g/mol. The summed E-state index contributed by atoms with van der Waals surface area (Å²) in [5.41, 5.74) is 0.819. The number of carboxylic acids is 1. The van der Waals surface area contributed by atoms with Gasteiger partial charge in [0.25, 0.3) is 5.91 Å². The first-order valence-corrected chi connectivity index (χ1v) is 8.91. The maximum absolute atomic E-state index is 12.5. The molecule has 1 atom stereocenters. The number of thiocarbonyl (C=S) groups is 1. The summed E-state index contributed by atoms with van der Waals surface area (Å²) >= 11 is 6.30. The number of rotatable bonds is 7. The van der Waals surface area contributed by atoms with Crippen molar-refractivity contribution in [2.24, 2.45) is 0 Å². The van der Waals surface area contributed by atoms with Crippen LogP contribution < -0.4 is 9.84 Å². The Bertz CT molecular complexity index is 670. The number of carbonyl (C=O) groups is 2. The predicted molar refractivity (Wildman–Crippen MR) is 96.3 cm³/mol. The number of benzene rings is 1. The monoisotopic (exact) mass is 364 g/mol. The van der Waals surface area contributed by atoms with Gasteiger partial charge in [-0.05, 0) is 37.1 Å². The summed E-state index contributed by atoms with van der Waals surface area (Å²) < 4.78 is 5.63. The first kappa shape index (κ1) is 18.5. The van der Waals surface area contributed by atoms with Crippen LogP contribution in [0.15, 0.2) is 29.2 Å². The topological polar surface area (TPSA) is 69.7 Å². The molecule has 1 heterocycles. The maximum atomic E-state index is 12.5. The Morgan fingerprint density at radius 2 is 2.04 bits per heavy atom. The highest BCUT2D eigenvalue weighted by atomic mass is 32.2. The highest BCUT2D eigenvalue weighted by Gasteiger charge is 2.37. The van der Waals surface area contributed by atoms with Crippen molar-refractivity contribution >= 4 is 46.3 Å². The van der Waals surface area contributed by atoms with Gasteiger partial charge in [0.15, 0.2) is 0 Å². The largest absolute Gasteiger partial charge is 0.548 e. The minimum Gasteiger partial charge on any atom is -0.548 e. The standard InChI is InChI=1S/C17H19NO4S2/c1-3-5-13(16(20)21)18-15(19)14(24-17(18)23)10-11-6-8-12(9-7-11)22-4-2/h6-10,13H,3-5H2,1-2H3,(H,20,21)/p-1/b14-10-/t13-/m0/s1. The third-order valence-electron chi connectivity index (χ3n) is 3.46. The Morgan fingerprint density at radius 1 is 1.38 bits per heavy atom. The normalized spacial score (nSPS) is 17.4. The van der Waals surface area contributed by atoms with E-state index in [4.69, 9.17) is 17.0 Å². The lowest BCUT2D eigenvalue weighted by molar-refractivity contribution is -0.310. The molecule has 1 aromatic rings. The lowest BCUT2D eigenvalue weighted by atomic mass is 10.1. The van der Waals surface area contributed by atoms with Crippen LogP contribution >= 0.6 is 24.0 Å². The summed E-state index contributed by atoms with van der Waals surface area (Å²) in [5, 5.41) is 11.3. The molecule has 5 nitrogen and oxygen atoms in total. The van der Waals surface area contributed by atoms with E-state index in [-0.39, 0.29) is 10.2 Å². The van der Waals surface area contributed by atoms with Crippen molar-refractivity contribution in [1.29, 1.82) is 0 Å². The molecule has 0 aromatic heterocycles. The third kappa shape index (κ3) is 4.15. The Labute approximate surface area is 150 Å². The van der Waals surface area contributed by atoms with Gasteiger partial charge < -0.3 is 14.6 Å². The van der Waals surface area contributed by atoms with E-state index < -0.39 is 12.0 Å². The van der Waals surface area contributed by atoms with Crippen LogP contribution in [0.2, 0.25) is 0 Å². The fourth-order valence-corrected chi connectivity index (χ4v) is 3.71. The van der Waals surface area contributed by atoms with Crippen LogP contribution in [-0.4, -0.2) is 33.7 Å². The highest BCUT2D eigenvalue weighted by Crippen LogP contribution is 2.34. The van der Waals surface area contributed by atoms with Gasteiger partial charge in [0.2, 0.25) is 0 Å². The number of ether oxygens (including phenoxy) is 1. The minimum atomic E-state index is -1.28. The SMILES string of the molecule is CCC[C@@H](C(=O)[O-])N1C(=O)/C(=C/c2ccc(OCC)cc2)SC1=S. The molecular weight excluding hydrogens is 346 g/mol. The molecule has 24 heavy (non-hydrogen) atoms. The van der Waals surface area contributed by atoms with Crippen LogP contribution in [0.3, 0.4) is 0 Å². The van der Waals surface area contributed by atoms with Crippen LogP contribution in [0.5, 0.6) is 5.75 Å². The minimum absolute atomic E-state index is 0.250. The second-order valence-electron chi connectivity index (χ2n) is 5.18. The Balaban J connectivity index is 2.22. The van der Waals surface area contributed by atoms with Crippen LogP contribution in [0, 0.1) is 0 Å². The van der Waals surface area contributed by atoms with Crippen LogP contribution in [0.1, 0.15) is 32.3 Å². The van der Waals surface area contributed by atoms with Crippen molar-refractivity contribution in [3.63, 3.8) is 0 Å². The summed E-state index contributed by atoms with van der Waals surface area (Å²) in [6.45, 7) is 4.34. The quantitative estimate of drug-likeness (QED) is 0.546. The molecule has 0 aliphatic carbocycles. The van der Waals surface area contributed by atoms with E-state index in [0.29, 0.717) is 24.4 Å². The zero-order valence-electron chi connectivity index (χ0n) is 13.5. The molecule has 0 spiro atoms. The molecule has 7 heteroatoms. The van der Waals surface area contributed by atoms with Crippen LogP contribution in [0.4, 0.5) is 0 Å². The van der Waals surface area contributed by atoms with Gasteiger partial charge in [-0.1, -0.05) is 49.5 Å². The Kier molecular flexibility index (Phi) is 6.39. The Hall–Kier alpha value is -1.86. The zero-order valence-corrected chi connectivity index (χ0v) is 15.1. The smallest absolute Gasteiger partial charge is 0.266 e. The number of hydrogen-bond donors (Lipinski definition) is 0. The highest BCUT2D eigenvalue weighted by molar-refractivity contribution is 8.26. The summed E-state index contributed by atoms with van der Waals surface area (Å²) in [5.74, 6) is -0.917. The van der Waals surface area contributed by atoms with E-state index in [0.717, 1.165) is 28.0 Å². The summed E-state index contributed by atoms with van der Waals surface area (Å²) in [4.78, 5) is 25.4. The van der Waals surface area contributed by atoms with Crippen LogP contribution in [-0.2, 0) is 9.59 Å². The zero-order chi connectivity index (χ0) is 17.7. The number of hydrogen-bond acceptors (Lipinski definition) is 6. The van der Waals surface area contributed by atoms with Crippen molar-refractivity contribution < 1.29 is 19.4 Å². The van der Waals surface area contributed by atoms with Gasteiger partial charge in [-0.3, -0.25) is 9.69 Å². The molecule has 1 fully saturated rings. The van der Waals surface area contributed by atoms with Gasteiger partial charge in [-0.25, -0.2) is 0 Å². The average Bonchev–Trinajstić information content (AvgIpc) is 2.81. The Morgan fingerprint density at radius 3 is 2.58 bits per heavy atom. The molecule has 0 N–H and O–H groups in total. The molecule has 2 rings (SSSR count).